The summed E-state index contributed by atoms with van der Waals surface area (Å²) in [4.78, 5) is 3.94. The Bertz CT molecular complexity index is 240. The summed E-state index contributed by atoms with van der Waals surface area (Å²) in [5.41, 5.74) is 1.16. The van der Waals surface area contributed by atoms with Gasteiger partial charge in [-0.05, 0) is 42.0 Å². The molecule has 0 aliphatic rings. The van der Waals surface area contributed by atoms with E-state index in [4.69, 9.17) is 0 Å². The van der Waals surface area contributed by atoms with Crippen LogP contribution in [0.15, 0.2) is 24.5 Å². The molecule has 0 aliphatic carbocycles. The second-order valence-electron chi connectivity index (χ2n) is 3.20. The van der Waals surface area contributed by atoms with Crippen LogP contribution in [0.5, 0.6) is 0 Å². The minimum atomic E-state index is -0.212. The fourth-order valence-electron chi connectivity index (χ4n) is 1.26. The molecule has 14 heavy (non-hydrogen) atoms. The monoisotopic (exact) mass is 211 g/mol. The van der Waals surface area contributed by atoms with Crippen molar-refractivity contribution >= 4 is 11.8 Å². The van der Waals surface area contributed by atoms with Crippen molar-refractivity contribution in [3.63, 3.8) is 0 Å². The zero-order valence-electron chi connectivity index (χ0n) is 8.52. The first-order valence-corrected chi connectivity index (χ1v) is 6.13. The van der Waals surface area contributed by atoms with E-state index in [1.807, 2.05) is 23.9 Å². The average molecular weight is 211 g/mol. The molecule has 1 unspecified atom stereocenters. The van der Waals surface area contributed by atoms with Gasteiger partial charge in [-0.1, -0.05) is 6.92 Å². The van der Waals surface area contributed by atoms with Gasteiger partial charge in [-0.15, -0.1) is 0 Å². The predicted octanol–water partition coefficient (Wildman–Crippen LogP) is 2.13. The molecule has 0 aliphatic heterocycles. The summed E-state index contributed by atoms with van der Waals surface area (Å²) in [6.07, 6.45) is 4.94. The van der Waals surface area contributed by atoms with E-state index in [0.29, 0.717) is 0 Å². The largest absolute Gasteiger partial charge is 0.393 e. The molecule has 0 bridgehead atoms. The Kier molecular flexibility index (Phi) is 5.64. The van der Waals surface area contributed by atoms with Crippen molar-refractivity contribution in [3.05, 3.63) is 30.1 Å². The van der Waals surface area contributed by atoms with Crippen LogP contribution in [0.4, 0.5) is 0 Å². The second kappa shape index (κ2) is 6.85. The van der Waals surface area contributed by atoms with E-state index in [1.165, 1.54) is 0 Å². The normalized spacial score (nSPS) is 12.7. The molecule has 0 aromatic carbocycles. The van der Waals surface area contributed by atoms with Gasteiger partial charge in [-0.2, -0.15) is 11.8 Å². The van der Waals surface area contributed by atoms with E-state index < -0.39 is 0 Å². The number of thioether (sulfide) groups is 1. The average Bonchev–Trinajstić information content (AvgIpc) is 2.20. The molecule has 0 saturated carbocycles. The van der Waals surface area contributed by atoms with Gasteiger partial charge in [0, 0.05) is 12.4 Å². The summed E-state index contributed by atoms with van der Waals surface area (Å²) in [6.45, 7) is 2.14. The Morgan fingerprint density at radius 2 is 2.14 bits per heavy atom. The number of hydrogen-bond acceptors (Lipinski definition) is 3. The van der Waals surface area contributed by atoms with Gasteiger partial charge in [0.2, 0.25) is 0 Å². The van der Waals surface area contributed by atoms with E-state index in [1.54, 1.807) is 12.4 Å². The lowest BCUT2D eigenvalue weighted by Gasteiger charge is -2.09. The molecule has 1 aromatic heterocycles. The summed E-state index contributed by atoms with van der Waals surface area (Å²) >= 11 is 1.87. The number of nitrogens with zero attached hydrogens (tertiary/aromatic N) is 1. The van der Waals surface area contributed by atoms with Crippen LogP contribution in [0.2, 0.25) is 0 Å². The van der Waals surface area contributed by atoms with Crippen molar-refractivity contribution in [2.75, 3.05) is 11.5 Å². The molecular weight excluding hydrogens is 194 g/mol. The van der Waals surface area contributed by atoms with Crippen LogP contribution in [0.3, 0.4) is 0 Å². The van der Waals surface area contributed by atoms with E-state index in [0.717, 1.165) is 29.9 Å². The maximum Gasteiger partial charge on any atom is 0.0588 e. The molecule has 1 heterocycles. The molecule has 0 amide bonds. The molecule has 1 N–H and O–H groups in total. The summed E-state index contributed by atoms with van der Waals surface area (Å²) in [5.74, 6) is 2.17. The lowest BCUT2D eigenvalue weighted by atomic mass is 10.1. The Hall–Kier alpha value is -0.540. The standard InChI is InChI=1S/C11H17NOS/c1-2-14-8-5-11(13)9-10-3-6-12-7-4-10/h3-4,6-7,11,13H,2,5,8-9H2,1H3. The van der Waals surface area contributed by atoms with Crippen LogP contribution in [-0.4, -0.2) is 27.7 Å². The molecule has 2 nitrogen and oxygen atoms in total. The number of hydrogen-bond donors (Lipinski definition) is 1. The molecule has 1 rings (SSSR count). The first-order chi connectivity index (χ1) is 6.83. The topological polar surface area (TPSA) is 33.1 Å². The van der Waals surface area contributed by atoms with Gasteiger partial charge in [0.15, 0.2) is 0 Å². The van der Waals surface area contributed by atoms with Crippen molar-refractivity contribution in [2.45, 2.75) is 25.9 Å². The number of pyridine rings is 1. The summed E-state index contributed by atoms with van der Waals surface area (Å²) in [6, 6.07) is 3.91. The van der Waals surface area contributed by atoms with Gasteiger partial charge in [0.25, 0.3) is 0 Å². The van der Waals surface area contributed by atoms with E-state index in [-0.39, 0.29) is 6.10 Å². The smallest absolute Gasteiger partial charge is 0.0588 e. The number of aliphatic hydroxyl groups is 1. The first-order valence-electron chi connectivity index (χ1n) is 4.97. The third-order valence-corrected chi connectivity index (χ3v) is 2.95. The minimum Gasteiger partial charge on any atom is -0.393 e. The Morgan fingerprint density at radius 3 is 2.79 bits per heavy atom. The highest BCUT2D eigenvalue weighted by atomic mass is 32.2. The molecular formula is C11H17NOS. The first kappa shape index (κ1) is 11.5. The maximum atomic E-state index is 9.70. The van der Waals surface area contributed by atoms with Gasteiger partial charge < -0.3 is 5.11 Å². The van der Waals surface area contributed by atoms with Gasteiger partial charge in [-0.25, -0.2) is 0 Å². The van der Waals surface area contributed by atoms with Crippen LogP contribution >= 0.6 is 11.8 Å². The SMILES string of the molecule is CCSCCC(O)Cc1ccncc1. The lowest BCUT2D eigenvalue weighted by Crippen LogP contribution is -2.11. The molecule has 0 spiro atoms. The van der Waals surface area contributed by atoms with Gasteiger partial charge in [-0.3, -0.25) is 4.98 Å². The highest BCUT2D eigenvalue weighted by Crippen LogP contribution is 2.08. The fraction of sp³-hybridized carbons (Fsp3) is 0.545. The van der Waals surface area contributed by atoms with Crippen LogP contribution in [0, 0.1) is 0 Å². The lowest BCUT2D eigenvalue weighted by molar-refractivity contribution is 0.172. The maximum absolute atomic E-state index is 9.70. The molecule has 3 heteroatoms. The van der Waals surface area contributed by atoms with Gasteiger partial charge in [0.05, 0.1) is 6.10 Å². The van der Waals surface area contributed by atoms with Crippen LogP contribution < -0.4 is 0 Å². The Labute approximate surface area is 89.8 Å². The van der Waals surface area contributed by atoms with Crippen molar-refractivity contribution in [1.29, 1.82) is 0 Å². The van der Waals surface area contributed by atoms with Crippen molar-refractivity contribution in [3.8, 4) is 0 Å². The van der Waals surface area contributed by atoms with Gasteiger partial charge >= 0.3 is 0 Å². The zero-order chi connectivity index (χ0) is 10.2. The second-order valence-corrected chi connectivity index (χ2v) is 4.59. The Balaban J connectivity index is 2.23. The van der Waals surface area contributed by atoms with Crippen LogP contribution in [-0.2, 0) is 6.42 Å². The highest BCUT2D eigenvalue weighted by Gasteiger charge is 2.04. The Morgan fingerprint density at radius 1 is 1.43 bits per heavy atom. The third-order valence-electron chi connectivity index (χ3n) is 2.02. The molecule has 0 radical (unpaired) electrons. The molecule has 1 aromatic rings. The van der Waals surface area contributed by atoms with Crippen molar-refractivity contribution < 1.29 is 5.11 Å². The predicted molar refractivity (Wildman–Crippen MR) is 61.6 cm³/mol. The molecule has 0 saturated heterocycles. The number of rotatable bonds is 6. The van der Waals surface area contributed by atoms with E-state index in [9.17, 15) is 5.11 Å². The zero-order valence-corrected chi connectivity index (χ0v) is 9.33. The fourth-order valence-corrected chi connectivity index (χ4v) is 1.98. The third kappa shape index (κ3) is 4.63. The number of aliphatic hydroxyl groups excluding tert-OH is 1. The minimum absolute atomic E-state index is 0.212. The van der Waals surface area contributed by atoms with E-state index in [2.05, 4.69) is 11.9 Å². The molecule has 0 fully saturated rings. The van der Waals surface area contributed by atoms with E-state index >= 15 is 0 Å². The molecule has 1 atom stereocenters. The van der Waals surface area contributed by atoms with Crippen LogP contribution in [0.25, 0.3) is 0 Å². The highest BCUT2D eigenvalue weighted by molar-refractivity contribution is 7.99. The van der Waals surface area contributed by atoms with Crippen LogP contribution in [0.1, 0.15) is 18.9 Å². The quantitative estimate of drug-likeness (QED) is 0.732. The number of aromatic nitrogens is 1. The van der Waals surface area contributed by atoms with Crippen molar-refractivity contribution in [1.82, 2.24) is 4.98 Å². The molecule has 78 valence electrons. The van der Waals surface area contributed by atoms with Gasteiger partial charge in [0.1, 0.15) is 0 Å². The summed E-state index contributed by atoms with van der Waals surface area (Å²) < 4.78 is 0. The van der Waals surface area contributed by atoms with Crippen molar-refractivity contribution in [2.24, 2.45) is 0 Å². The summed E-state index contributed by atoms with van der Waals surface area (Å²) in [5, 5.41) is 9.70. The summed E-state index contributed by atoms with van der Waals surface area (Å²) in [7, 11) is 0.